The summed E-state index contributed by atoms with van der Waals surface area (Å²) in [4.78, 5) is 42.2. The topological polar surface area (TPSA) is 90.9 Å². The molecule has 35 heavy (non-hydrogen) atoms. The molecule has 4 rings (SSSR count). The van der Waals surface area contributed by atoms with Gasteiger partial charge in [0.05, 0.1) is 11.6 Å². The molecule has 0 aromatic heterocycles. The lowest BCUT2D eigenvalue weighted by molar-refractivity contribution is -0.127. The molecule has 0 saturated heterocycles. The summed E-state index contributed by atoms with van der Waals surface area (Å²) in [5.74, 6) is -0.574. The first-order chi connectivity index (χ1) is 17.0. The molecule has 178 valence electrons. The zero-order valence-corrected chi connectivity index (χ0v) is 19.8. The fourth-order valence-corrected chi connectivity index (χ4v) is 4.12. The van der Waals surface area contributed by atoms with Gasteiger partial charge in [-0.3, -0.25) is 20.0 Å². The number of amides is 2. The largest absolute Gasteiger partial charge is 0.344 e. The third kappa shape index (κ3) is 5.30. The van der Waals surface area contributed by atoms with E-state index >= 15 is 0 Å². The van der Waals surface area contributed by atoms with Crippen molar-refractivity contribution in [2.24, 2.45) is 4.99 Å². The van der Waals surface area contributed by atoms with Gasteiger partial charge in [0.2, 0.25) is 0 Å². The van der Waals surface area contributed by atoms with Crippen molar-refractivity contribution in [1.29, 1.82) is 0 Å². The molecule has 3 aromatic rings. The van der Waals surface area contributed by atoms with Crippen LogP contribution in [0.4, 0.5) is 11.4 Å². The standard InChI is InChI=1S/C28H28N4O3/c1-19-22-13-6-7-14-23(22)24-15-8-9-16-25(24)32(28(19)35)31-27(34)20(2)29-26(17-10-18-33)30-21-11-4-3-5-12-21/h3-9,11-16,18-20H,10,17H2,1-2H3,(H,29,30)(H,31,34)/t19?,20-/m0/s1. The molecule has 7 heteroatoms. The van der Waals surface area contributed by atoms with Gasteiger partial charge >= 0.3 is 0 Å². The van der Waals surface area contributed by atoms with Gasteiger partial charge in [-0.25, -0.2) is 5.01 Å². The number of nitrogens with one attached hydrogen (secondary N) is 2. The van der Waals surface area contributed by atoms with Crippen molar-refractivity contribution in [1.82, 2.24) is 5.43 Å². The van der Waals surface area contributed by atoms with Gasteiger partial charge in [0.15, 0.2) is 0 Å². The summed E-state index contributed by atoms with van der Waals surface area (Å²) in [6, 6.07) is 24.0. The second-order valence-electron chi connectivity index (χ2n) is 8.42. The number of benzene rings is 3. The molecule has 1 aliphatic rings. The molecule has 0 saturated carbocycles. The zero-order valence-electron chi connectivity index (χ0n) is 19.8. The van der Waals surface area contributed by atoms with Crippen LogP contribution in [0.15, 0.2) is 83.9 Å². The summed E-state index contributed by atoms with van der Waals surface area (Å²) >= 11 is 0. The molecule has 0 radical (unpaired) electrons. The van der Waals surface area contributed by atoms with E-state index < -0.39 is 17.9 Å². The van der Waals surface area contributed by atoms with Gasteiger partial charge in [0.1, 0.15) is 18.2 Å². The first kappa shape index (κ1) is 23.9. The molecule has 1 aliphatic heterocycles. The van der Waals surface area contributed by atoms with Crippen LogP contribution in [0.5, 0.6) is 0 Å². The van der Waals surface area contributed by atoms with E-state index in [-0.39, 0.29) is 12.3 Å². The van der Waals surface area contributed by atoms with Crippen molar-refractivity contribution < 1.29 is 14.4 Å². The molecular weight excluding hydrogens is 440 g/mol. The van der Waals surface area contributed by atoms with Crippen LogP contribution in [0, 0.1) is 0 Å². The Hall–Kier alpha value is -4.26. The SMILES string of the molecule is CC1C(=O)N(NC(=O)[C@H](C)N=C(CCC=O)Nc2ccccc2)c2ccccc2-c2ccccc21. The molecule has 3 aromatic carbocycles. The second-order valence-corrected chi connectivity index (χ2v) is 8.42. The molecule has 2 amide bonds. The summed E-state index contributed by atoms with van der Waals surface area (Å²) < 4.78 is 0. The maximum absolute atomic E-state index is 13.5. The van der Waals surface area contributed by atoms with Crippen LogP contribution in [0.1, 0.15) is 38.2 Å². The van der Waals surface area contributed by atoms with E-state index in [1.54, 1.807) is 6.92 Å². The van der Waals surface area contributed by atoms with Crippen molar-refractivity contribution in [2.45, 2.75) is 38.6 Å². The number of anilines is 2. The minimum atomic E-state index is -0.797. The van der Waals surface area contributed by atoms with Crippen molar-refractivity contribution in [2.75, 3.05) is 10.3 Å². The number of aliphatic imine (C=N–C) groups is 1. The Kier molecular flexibility index (Phi) is 7.35. The maximum atomic E-state index is 13.5. The fourth-order valence-electron chi connectivity index (χ4n) is 4.12. The Morgan fingerprint density at radius 2 is 1.66 bits per heavy atom. The van der Waals surface area contributed by atoms with Gasteiger partial charge < -0.3 is 10.1 Å². The van der Waals surface area contributed by atoms with Crippen LogP contribution in [-0.2, 0) is 14.4 Å². The van der Waals surface area contributed by atoms with Gasteiger partial charge in [-0.1, -0.05) is 60.7 Å². The van der Waals surface area contributed by atoms with Crippen LogP contribution in [0.2, 0.25) is 0 Å². The monoisotopic (exact) mass is 468 g/mol. The Morgan fingerprint density at radius 1 is 1.00 bits per heavy atom. The molecule has 1 unspecified atom stereocenters. The van der Waals surface area contributed by atoms with E-state index in [1.165, 1.54) is 5.01 Å². The maximum Gasteiger partial charge on any atom is 0.263 e. The summed E-state index contributed by atoms with van der Waals surface area (Å²) in [5, 5.41) is 4.52. The quantitative estimate of drug-likeness (QED) is 0.298. The summed E-state index contributed by atoms with van der Waals surface area (Å²) in [5.41, 5.74) is 6.97. The molecular formula is C28H28N4O3. The Bertz CT molecular complexity index is 1260. The average molecular weight is 469 g/mol. The number of carbonyl (C=O) groups excluding carboxylic acids is 3. The van der Waals surface area contributed by atoms with Crippen LogP contribution < -0.4 is 15.8 Å². The van der Waals surface area contributed by atoms with Crippen molar-refractivity contribution in [3.05, 3.63) is 84.4 Å². The van der Waals surface area contributed by atoms with E-state index in [0.717, 1.165) is 28.7 Å². The highest BCUT2D eigenvalue weighted by Crippen LogP contribution is 2.39. The van der Waals surface area contributed by atoms with Crippen molar-refractivity contribution in [3.63, 3.8) is 0 Å². The first-order valence-electron chi connectivity index (χ1n) is 11.6. The van der Waals surface area contributed by atoms with Crippen molar-refractivity contribution in [3.8, 4) is 11.1 Å². The van der Waals surface area contributed by atoms with Crippen molar-refractivity contribution >= 4 is 35.3 Å². The molecule has 2 atom stereocenters. The summed E-state index contributed by atoms with van der Waals surface area (Å²) in [6.07, 6.45) is 1.47. The predicted molar refractivity (Wildman–Crippen MR) is 138 cm³/mol. The number of para-hydroxylation sites is 2. The Labute approximate surface area is 204 Å². The number of hydrogen-bond acceptors (Lipinski definition) is 4. The molecule has 0 spiro atoms. The fraction of sp³-hybridized carbons (Fsp3) is 0.214. The predicted octanol–water partition coefficient (Wildman–Crippen LogP) is 4.71. The van der Waals surface area contributed by atoms with Crippen LogP contribution in [0.3, 0.4) is 0 Å². The lowest BCUT2D eigenvalue weighted by atomic mass is 9.92. The highest BCUT2D eigenvalue weighted by atomic mass is 16.2. The van der Waals surface area contributed by atoms with Crippen LogP contribution in [0.25, 0.3) is 11.1 Å². The number of nitrogens with zero attached hydrogens (tertiary/aromatic N) is 2. The van der Waals surface area contributed by atoms with Gasteiger partial charge in [0.25, 0.3) is 11.8 Å². The van der Waals surface area contributed by atoms with Gasteiger partial charge in [-0.2, -0.15) is 0 Å². The normalized spacial score (nSPS) is 15.9. The lowest BCUT2D eigenvalue weighted by Crippen LogP contribution is -2.50. The van der Waals surface area contributed by atoms with E-state index in [4.69, 9.17) is 0 Å². The number of amidine groups is 1. The highest BCUT2D eigenvalue weighted by molar-refractivity contribution is 6.07. The smallest absolute Gasteiger partial charge is 0.263 e. The Balaban J connectivity index is 1.60. The van der Waals surface area contributed by atoms with E-state index in [2.05, 4.69) is 15.7 Å². The number of carbonyl (C=O) groups is 3. The lowest BCUT2D eigenvalue weighted by Gasteiger charge is -2.26. The third-order valence-electron chi connectivity index (χ3n) is 5.97. The molecule has 2 N–H and O–H groups in total. The molecule has 7 nitrogen and oxygen atoms in total. The summed E-state index contributed by atoms with van der Waals surface area (Å²) in [7, 11) is 0. The van der Waals surface area contributed by atoms with E-state index in [9.17, 15) is 14.4 Å². The molecule has 0 aliphatic carbocycles. The number of aldehydes is 1. The average Bonchev–Trinajstić information content (AvgIpc) is 2.97. The molecule has 0 bridgehead atoms. The number of hydrazine groups is 1. The number of hydrogen-bond donors (Lipinski definition) is 2. The molecule has 0 fully saturated rings. The number of fused-ring (bicyclic) bond motifs is 3. The molecule has 1 heterocycles. The summed E-state index contributed by atoms with van der Waals surface area (Å²) in [6.45, 7) is 3.50. The van der Waals surface area contributed by atoms with Gasteiger partial charge in [-0.15, -0.1) is 0 Å². The van der Waals surface area contributed by atoms with Gasteiger partial charge in [0, 0.05) is 24.1 Å². The van der Waals surface area contributed by atoms with E-state index in [1.807, 2.05) is 85.8 Å². The second kappa shape index (κ2) is 10.8. The van der Waals surface area contributed by atoms with E-state index in [0.29, 0.717) is 17.9 Å². The highest BCUT2D eigenvalue weighted by Gasteiger charge is 2.33. The van der Waals surface area contributed by atoms with Gasteiger partial charge in [-0.05, 0) is 43.2 Å². The van der Waals surface area contributed by atoms with Crippen LogP contribution in [-0.4, -0.2) is 30.0 Å². The minimum absolute atomic E-state index is 0.226. The zero-order chi connectivity index (χ0) is 24.8. The number of rotatable bonds is 7. The first-order valence-corrected chi connectivity index (χ1v) is 11.6. The Morgan fingerprint density at radius 3 is 2.40 bits per heavy atom. The van der Waals surface area contributed by atoms with Crippen LogP contribution >= 0.6 is 0 Å². The minimum Gasteiger partial charge on any atom is -0.344 e. The third-order valence-corrected chi connectivity index (χ3v) is 5.97.